The van der Waals surface area contributed by atoms with Crippen LogP contribution in [0.2, 0.25) is 0 Å². The molecule has 0 radical (unpaired) electrons. The molecule has 3 N–H and O–H groups in total. The van der Waals surface area contributed by atoms with E-state index in [0.29, 0.717) is 27.4 Å². The monoisotopic (exact) mass is 630 g/mol. The van der Waals surface area contributed by atoms with Gasteiger partial charge in [0.1, 0.15) is 6.04 Å². The van der Waals surface area contributed by atoms with Crippen LogP contribution in [0.5, 0.6) is 0 Å². The van der Waals surface area contributed by atoms with E-state index in [1.165, 1.54) is 28.5 Å². The number of amides is 3. The van der Waals surface area contributed by atoms with Gasteiger partial charge in [-0.3, -0.25) is 19.7 Å². The van der Waals surface area contributed by atoms with Crippen LogP contribution < -0.4 is 16.0 Å². The third kappa shape index (κ3) is 6.78. The maximum absolute atomic E-state index is 14.8. The van der Waals surface area contributed by atoms with Crippen LogP contribution in [-0.4, -0.2) is 51.7 Å². The molecule has 2 aliphatic rings. The molecule has 1 saturated heterocycles. The molecule has 1 unspecified atom stereocenters. The number of benzene rings is 2. The Bertz CT molecular complexity index is 1740. The number of piperidine rings is 1. The molecule has 12 heteroatoms. The summed E-state index contributed by atoms with van der Waals surface area (Å²) in [4.78, 5) is 49.2. The zero-order chi connectivity index (χ0) is 29.8. The first-order valence-electron chi connectivity index (χ1n) is 13.8. The van der Waals surface area contributed by atoms with Gasteiger partial charge in [-0.1, -0.05) is 48.2 Å². The summed E-state index contributed by atoms with van der Waals surface area (Å²) in [5, 5.41) is 11.1. The standard InChI is InChI=1S/C32H27FN6O3S.ClH/c33-26-17-21(18-36-27(26)29(40)37-24-10-12-34-13-11-24)7-6-20-8-9-23-19-39(31(42)25(23)16-20)28(22-4-2-1-3-5-22)30(41)38-32-35-14-15-43-32;/h1-5,8-9,14-18,24,28,34H,10-13,19H2,(H,37,40)(H,35,38,41);1H. The van der Waals surface area contributed by atoms with Crippen molar-refractivity contribution in [3.05, 3.63) is 112 Å². The minimum absolute atomic E-state index is 0. The number of nitrogens with zero attached hydrogens (tertiary/aromatic N) is 3. The Kier molecular flexibility index (Phi) is 9.65. The number of hydrogen-bond donors (Lipinski definition) is 3. The summed E-state index contributed by atoms with van der Waals surface area (Å²) in [6.07, 6.45) is 4.53. The fraction of sp³-hybridized carbons (Fsp3) is 0.219. The average molecular weight is 631 g/mol. The van der Waals surface area contributed by atoms with Gasteiger partial charge in [-0.15, -0.1) is 23.7 Å². The lowest BCUT2D eigenvalue weighted by atomic mass is 10.0. The molecule has 3 amide bonds. The van der Waals surface area contributed by atoms with Gasteiger partial charge < -0.3 is 15.5 Å². The molecule has 0 aliphatic carbocycles. The van der Waals surface area contributed by atoms with E-state index in [1.807, 2.05) is 36.4 Å². The predicted octanol–water partition coefficient (Wildman–Crippen LogP) is 4.32. The summed E-state index contributed by atoms with van der Waals surface area (Å²) in [6, 6.07) is 14.7. The van der Waals surface area contributed by atoms with E-state index in [9.17, 15) is 18.8 Å². The van der Waals surface area contributed by atoms with Gasteiger partial charge in [0.2, 0.25) is 0 Å². The van der Waals surface area contributed by atoms with Crippen molar-refractivity contribution in [3.8, 4) is 11.8 Å². The zero-order valence-corrected chi connectivity index (χ0v) is 25.0. The van der Waals surface area contributed by atoms with Crippen LogP contribution in [0.3, 0.4) is 0 Å². The van der Waals surface area contributed by atoms with Gasteiger partial charge in [0.25, 0.3) is 17.7 Å². The SMILES string of the molecule is Cl.O=C(NC1CCNCC1)c1ncc(C#Cc2ccc3c(c2)C(=O)N(C(C(=O)Nc2nccs2)c2ccccc2)C3)cc1F. The Hall–Kier alpha value is -4.63. The van der Waals surface area contributed by atoms with Crippen LogP contribution in [-0.2, 0) is 11.3 Å². The first-order chi connectivity index (χ1) is 21.0. The highest BCUT2D eigenvalue weighted by Gasteiger charge is 2.37. The molecule has 9 nitrogen and oxygen atoms in total. The minimum atomic E-state index is -0.862. The number of rotatable bonds is 6. The Balaban J connectivity index is 0.00000384. The van der Waals surface area contributed by atoms with Crippen molar-refractivity contribution in [2.75, 3.05) is 18.4 Å². The van der Waals surface area contributed by atoms with Crippen molar-refractivity contribution in [2.45, 2.75) is 31.5 Å². The molecular weight excluding hydrogens is 603 g/mol. The Morgan fingerprint density at radius 2 is 1.82 bits per heavy atom. The number of anilines is 1. The molecule has 6 rings (SSSR count). The molecule has 1 fully saturated rings. The smallest absolute Gasteiger partial charge is 0.273 e. The van der Waals surface area contributed by atoms with E-state index in [4.69, 9.17) is 0 Å². The maximum atomic E-state index is 14.8. The first-order valence-corrected chi connectivity index (χ1v) is 14.7. The van der Waals surface area contributed by atoms with E-state index in [0.717, 1.165) is 31.5 Å². The average Bonchev–Trinajstić information content (AvgIpc) is 3.65. The normalized spacial score (nSPS) is 14.9. The Morgan fingerprint density at radius 3 is 2.55 bits per heavy atom. The second-order valence-electron chi connectivity index (χ2n) is 10.2. The number of hydrogen-bond acceptors (Lipinski definition) is 7. The molecule has 4 aromatic rings. The fourth-order valence-corrected chi connectivity index (χ4v) is 5.75. The molecule has 0 spiro atoms. The topological polar surface area (TPSA) is 116 Å². The van der Waals surface area contributed by atoms with Crippen molar-refractivity contribution in [1.82, 2.24) is 25.5 Å². The number of pyridine rings is 1. The molecule has 4 heterocycles. The maximum Gasteiger partial charge on any atom is 0.273 e. The van der Waals surface area contributed by atoms with Crippen LogP contribution in [0, 0.1) is 17.7 Å². The van der Waals surface area contributed by atoms with E-state index >= 15 is 0 Å². The van der Waals surface area contributed by atoms with Crippen molar-refractivity contribution in [3.63, 3.8) is 0 Å². The van der Waals surface area contributed by atoms with Gasteiger partial charge in [0.15, 0.2) is 16.6 Å². The second kappa shape index (κ2) is 13.8. The van der Waals surface area contributed by atoms with Crippen molar-refractivity contribution < 1.29 is 18.8 Å². The summed E-state index contributed by atoms with van der Waals surface area (Å²) >= 11 is 1.30. The molecule has 2 aromatic carbocycles. The predicted molar refractivity (Wildman–Crippen MR) is 167 cm³/mol. The van der Waals surface area contributed by atoms with Crippen LogP contribution in [0.25, 0.3) is 0 Å². The molecule has 44 heavy (non-hydrogen) atoms. The summed E-state index contributed by atoms with van der Waals surface area (Å²) in [7, 11) is 0. The Labute approximate surface area is 263 Å². The third-order valence-electron chi connectivity index (χ3n) is 7.36. The van der Waals surface area contributed by atoms with Crippen molar-refractivity contribution in [2.24, 2.45) is 0 Å². The number of aromatic nitrogens is 2. The highest BCUT2D eigenvalue weighted by atomic mass is 35.5. The number of thiazole rings is 1. The quantitative estimate of drug-likeness (QED) is 0.274. The lowest BCUT2D eigenvalue weighted by molar-refractivity contribution is -0.120. The molecule has 224 valence electrons. The highest BCUT2D eigenvalue weighted by molar-refractivity contribution is 7.13. The van der Waals surface area contributed by atoms with Crippen LogP contribution >= 0.6 is 23.7 Å². The summed E-state index contributed by atoms with van der Waals surface area (Å²) < 4.78 is 14.8. The summed E-state index contributed by atoms with van der Waals surface area (Å²) in [5.41, 5.74) is 2.48. The summed E-state index contributed by atoms with van der Waals surface area (Å²) in [6.45, 7) is 1.86. The van der Waals surface area contributed by atoms with Gasteiger partial charge in [-0.05, 0) is 55.3 Å². The zero-order valence-electron chi connectivity index (χ0n) is 23.4. The summed E-state index contributed by atoms with van der Waals surface area (Å²) in [5.74, 6) is 3.89. The van der Waals surface area contributed by atoms with Crippen LogP contribution in [0.4, 0.5) is 9.52 Å². The largest absolute Gasteiger partial charge is 0.348 e. The van der Waals surface area contributed by atoms with E-state index in [-0.39, 0.29) is 42.5 Å². The van der Waals surface area contributed by atoms with Gasteiger partial charge in [-0.2, -0.15) is 0 Å². The first kappa shape index (κ1) is 30.8. The van der Waals surface area contributed by atoms with Crippen LogP contribution in [0.15, 0.2) is 72.4 Å². The number of fused-ring (bicyclic) bond motifs is 1. The second-order valence-corrected chi connectivity index (χ2v) is 11.1. The molecule has 2 aliphatic heterocycles. The van der Waals surface area contributed by atoms with Crippen molar-refractivity contribution in [1.29, 1.82) is 0 Å². The lowest BCUT2D eigenvalue weighted by Gasteiger charge is -2.27. The molecule has 0 saturated carbocycles. The molecule has 2 aromatic heterocycles. The molecule has 0 bridgehead atoms. The fourth-order valence-electron chi connectivity index (χ4n) is 5.21. The Morgan fingerprint density at radius 1 is 1.05 bits per heavy atom. The van der Waals surface area contributed by atoms with Gasteiger partial charge >= 0.3 is 0 Å². The number of halogens is 2. The van der Waals surface area contributed by atoms with Gasteiger partial charge in [0, 0.05) is 47.1 Å². The number of carbonyl (C=O) groups is 3. The number of nitrogens with one attached hydrogen (secondary N) is 3. The van der Waals surface area contributed by atoms with Gasteiger partial charge in [-0.25, -0.2) is 14.4 Å². The van der Waals surface area contributed by atoms with Gasteiger partial charge in [0.05, 0.1) is 0 Å². The molecule has 1 atom stereocenters. The van der Waals surface area contributed by atoms with E-state index < -0.39 is 17.8 Å². The third-order valence-corrected chi connectivity index (χ3v) is 8.05. The number of carbonyl (C=O) groups excluding carboxylic acids is 3. The van der Waals surface area contributed by atoms with E-state index in [1.54, 1.807) is 23.7 Å². The van der Waals surface area contributed by atoms with Crippen molar-refractivity contribution >= 4 is 46.6 Å². The lowest BCUT2D eigenvalue weighted by Crippen LogP contribution is -2.43. The van der Waals surface area contributed by atoms with Crippen LogP contribution in [0.1, 0.15) is 62.0 Å². The highest BCUT2D eigenvalue weighted by Crippen LogP contribution is 2.33. The molecular formula is C32H28ClFN6O3S. The van der Waals surface area contributed by atoms with E-state index in [2.05, 4.69) is 37.8 Å². The minimum Gasteiger partial charge on any atom is -0.348 e.